The van der Waals surface area contributed by atoms with Crippen LogP contribution in [0.5, 0.6) is 5.75 Å². The number of nitrogens with one attached hydrogen (secondary N) is 1. The third-order valence-corrected chi connectivity index (χ3v) is 3.46. The summed E-state index contributed by atoms with van der Waals surface area (Å²) in [6.07, 6.45) is 0.950. The van der Waals surface area contributed by atoms with Crippen molar-refractivity contribution in [3.05, 3.63) is 59.7 Å². The Balaban J connectivity index is 1.85. The zero-order valence-electron chi connectivity index (χ0n) is 12.1. The van der Waals surface area contributed by atoms with E-state index in [0.717, 1.165) is 18.7 Å². The van der Waals surface area contributed by atoms with Crippen LogP contribution >= 0.6 is 0 Å². The standard InChI is InChI=1S/C17H22N2O/c1-13(15-6-4-3-5-7-15)19-11-10-14-8-9-17(20-2)16(18)12-14/h3-9,12-13,19H,10-11,18H2,1-2H3. The molecule has 2 aromatic rings. The van der Waals surface area contributed by atoms with Crippen LogP contribution in [0.1, 0.15) is 24.1 Å². The number of hydrogen-bond acceptors (Lipinski definition) is 3. The van der Waals surface area contributed by atoms with E-state index < -0.39 is 0 Å². The number of nitrogens with two attached hydrogens (primary N) is 1. The van der Waals surface area contributed by atoms with Crippen LogP contribution in [0.3, 0.4) is 0 Å². The van der Waals surface area contributed by atoms with Crippen LogP contribution in [-0.4, -0.2) is 13.7 Å². The Hall–Kier alpha value is -2.00. The fraction of sp³-hybridized carbons (Fsp3) is 0.294. The van der Waals surface area contributed by atoms with E-state index in [1.165, 1.54) is 11.1 Å². The van der Waals surface area contributed by atoms with Gasteiger partial charge in [-0.05, 0) is 43.1 Å². The van der Waals surface area contributed by atoms with E-state index in [0.29, 0.717) is 11.7 Å². The Bertz CT molecular complexity index is 540. The van der Waals surface area contributed by atoms with E-state index in [-0.39, 0.29) is 0 Å². The molecule has 20 heavy (non-hydrogen) atoms. The van der Waals surface area contributed by atoms with Gasteiger partial charge < -0.3 is 15.8 Å². The molecule has 0 saturated carbocycles. The van der Waals surface area contributed by atoms with Crippen LogP contribution in [0.2, 0.25) is 0 Å². The molecule has 0 heterocycles. The molecule has 106 valence electrons. The third-order valence-electron chi connectivity index (χ3n) is 3.46. The van der Waals surface area contributed by atoms with Crippen LogP contribution in [0.25, 0.3) is 0 Å². The summed E-state index contributed by atoms with van der Waals surface area (Å²) in [7, 11) is 1.63. The predicted molar refractivity (Wildman–Crippen MR) is 84.0 cm³/mol. The highest BCUT2D eigenvalue weighted by atomic mass is 16.5. The first-order valence-corrected chi connectivity index (χ1v) is 6.91. The largest absolute Gasteiger partial charge is 0.495 e. The molecule has 0 aliphatic carbocycles. The summed E-state index contributed by atoms with van der Waals surface area (Å²) in [4.78, 5) is 0. The Morgan fingerprint density at radius 2 is 1.90 bits per heavy atom. The maximum atomic E-state index is 5.91. The topological polar surface area (TPSA) is 47.3 Å². The van der Waals surface area contributed by atoms with Crippen LogP contribution in [0.4, 0.5) is 5.69 Å². The number of methoxy groups -OCH3 is 1. The van der Waals surface area contributed by atoms with E-state index in [1.54, 1.807) is 7.11 Å². The first-order chi connectivity index (χ1) is 9.70. The first-order valence-electron chi connectivity index (χ1n) is 6.91. The van der Waals surface area contributed by atoms with E-state index in [9.17, 15) is 0 Å². The van der Waals surface area contributed by atoms with Gasteiger partial charge >= 0.3 is 0 Å². The lowest BCUT2D eigenvalue weighted by Crippen LogP contribution is -2.21. The summed E-state index contributed by atoms with van der Waals surface area (Å²) in [5.41, 5.74) is 9.13. The lowest BCUT2D eigenvalue weighted by atomic mass is 10.1. The Morgan fingerprint density at radius 1 is 1.15 bits per heavy atom. The lowest BCUT2D eigenvalue weighted by molar-refractivity contribution is 0.417. The normalized spacial score (nSPS) is 12.1. The summed E-state index contributed by atoms with van der Waals surface area (Å²) in [5.74, 6) is 0.736. The SMILES string of the molecule is COc1ccc(CCNC(C)c2ccccc2)cc1N. The van der Waals surface area contributed by atoms with Gasteiger partial charge in [-0.15, -0.1) is 0 Å². The van der Waals surface area contributed by atoms with Crippen LogP contribution in [-0.2, 0) is 6.42 Å². The van der Waals surface area contributed by atoms with Crippen LogP contribution in [0, 0.1) is 0 Å². The molecule has 1 atom stereocenters. The first kappa shape index (κ1) is 14.4. The van der Waals surface area contributed by atoms with Crippen LogP contribution in [0.15, 0.2) is 48.5 Å². The average Bonchev–Trinajstić information content (AvgIpc) is 2.48. The lowest BCUT2D eigenvalue weighted by Gasteiger charge is -2.14. The van der Waals surface area contributed by atoms with Crippen LogP contribution < -0.4 is 15.8 Å². The molecule has 3 nitrogen and oxygen atoms in total. The van der Waals surface area contributed by atoms with Gasteiger partial charge in [-0.3, -0.25) is 0 Å². The van der Waals surface area contributed by atoms with Gasteiger partial charge in [0.1, 0.15) is 5.75 Å². The van der Waals surface area contributed by atoms with Gasteiger partial charge in [0.25, 0.3) is 0 Å². The van der Waals surface area contributed by atoms with Crippen molar-refractivity contribution in [2.45, 2.75) is 19.4 Å². The van der Waals surface area contributed by atoms with E-state index in [1.807, 2.05) is 18.2 Å². The van der Waals surface area contributed by atoms with Gasteiger partial charge in [-0.2, -0.15) is 0 Å². The second-order valence-corrected chi connectivity index (χ2v) is 4.91. The molecule has 0 saturated heterocycles. The molecule has 0 aromatic heterocycles. The summed E-state index contributed by atoms with van der Waals surface area (Å²) in [6.45, 7) is 3.10. The Labute approximate surface area is 120 Å². The monoisotopic (exact) mass is 270 g/mol. The van der Waals surface area contributed by atoms with Gasteiger partial charge in [0.15, 0.2) is 0 Å². The minimum absolute atomic E-state index is 0.354. The zero-order valence-corrected chi connectivity index (χ0v) is 12.1. The van der Waals surface area contributed by atoms with E-state index >= 15 is 0 Å². The summed E-state index contributed by atoms with van der Waals surface area (Å²) in [6, 6.07) is 16.8. The molecule has 0 bridgehead atoms. The van der Waals surface area contributed by atoms with Crippen molar-refractivity contribution >= 4 is 5.69 Å². The molecule has 2 rings (SSSR count). The summed E-state index contributed by atoms with van der Waals surface area (Å²) >= 11 is 0. The van der Waals surface area contributed by atoms with Gasteiger partial charge in [-0.1, -0.05) is 36.4 Å². The Morgan fingerprint density at radius 3 is 2.55 bits per heavy atom. The van der Waals surface area contributed by atoms with Crippen molar-refractivity contribution < 1.29 is 4.74 Å². The van der Waals surface area contributed by atoms with Crippen molar-refractivity contribution in [1.82, 2.24) is 5.32 Å². The minimum atomic E-state index is 0.354. The second kappa shape index (κ2) is 6.96. The molecule has 2 aromatic carbocycles. The van der Waals surface area contributed by atoms with Gasteiger partial charge in [0.05, 0.1) is 12.8 Å². The molecule has 0 fully saturated rings. The summed E-state index contributed by atoms with van der Waals surface area (Å²) < 4.78 is 5.16. The quantitative estimate of drug-likeness (QED) is 0.793. The molecule has 1 unspecified atom stereocenters. The van der Waals surface area contributed by atoms with E-state index in [4.69, 9.17) is 10.5 Å². The van der Waals surface area contributed by atoms with Gasteiger partial charge in [-0.25, -0.2) is 0 Å². The van der Waals surface area contributed by atoms with Crippen molar-refractivity contribution in [2.75, 3.05) is 19.4 Å². The minimum Gasteiger partial charge on any atom is -0.495 e. The van der Waals surface area contributed by atoms with Crippen molar-refractivity contribution in [3.8, 4) is 5.75 Å². The molecule has 0 radical (unpaired) electrons. The number of hydrogen-bond donors (Lipinski definition) is 2. The highest BCUT2D eigenvalue weighted by Gasteiger charge is 2.04. The molecule has 0 aliphatic rings. The smallest absolute Gasteiger partial charge is 0.141 e. The highest BCUT2D eigenvalue weighted by Crippen LogP contribution is 2.22. The number of ether oxygens (including phenoxy) is 1. The maximum Gasteiger partial charge on any atom is 0.141 e. The Kier molecular flexibility index (Phi) is 5.02. The molecular weight excluding hydrogens is 248 g/mol. The van der Waals surface area contributed by atoms with Crippen molar-refractivity contribution in [1.29, 1.82) is 0 Å². The van der Waals surface area contributed by atoms with Gasteiger partial charge in [0.2, 0.25) is 0 Å². The van der Waals surface area contributed by atoms with Crippen molar-refractivity contribution in [2.24, 2.45) is 0 Å². The number of rotatable bonds is 6. The maximum absolute atomic E-state index is 5.91. The van der Waals surface area contributed by atoms with Gasteiger partial charge in [0, 0.05) is 6.04 Å². The predicted octanol–water partition coefficient (Wildman–Crippen LogP) is 3.17. The molecule has 0 aliphatic heterocycles. The fourth-order valence-electron chi connectivity index (χ4n) is 2.23. The molecule has 0 spiro atoms. The third kappa shape index (κ3) is 3.75. The molecule has 0 amide bonds. The zero-order chi connectivity index (χ0) is 14.4. The van der Waals surface area contributed by atoms with Crippen molar-refractivity contribution in [3.63, 3.8) is 0 Å². The molecule has 3 N–H and O–H groups in total. The second-order valence-electron chi connectivity index (χ2n) is 4.91. The molecule has 3 heteroatoms. The number of nitrogen functional groups attached to an aromatic ring is 1. The average molecular weight is 270 g/mol. The summed E-state index contributed by atoms with van der Waals surface area (Å²) in [5, 5.41) is 3.52. The van der Waals surface area contributed by atoms with E-state index in [2.05, 4.69) is 42.6 Å². The molecular formula is C17H22N2O. The number of anilines is 1. The highest BCUT2D eigenvalue weighted by molar-refractivity contribution is 5.54. The number of benzene rings is 2. The fourth-order valence-corrected chi connectivity index (χ4v) is 2.23.